The van der Waals surface area contributed by atoms with Crippen molar-refractivity contribution in [1.82, 2.24) is 0 Å². The van der Waals surface area contributed by atoms with E-state index in [1.165, 1.54) is 193 Å². The molecule has 0 aromatic carbocycles. The number of alkyl halides is 2. The Bertz CT molecular complexity index is 312. The lowest BCUT2D eigenvalue weighted by atomic mass is 10.0. The van der Waals surface area contributed by atoms with Crippen LogP contribution in [0.3, 0.4) is 0 Å². The summed E-state index contributed by atoms with van der Waals surface area (Å²) in [6, 6.07) is 0. The third-order valence-electron chi connectivity index (χ3n) is 7.58. The Morgan fingerprint density at radius 3 is 0.600 bits per heavy atom. The Morgan fingerprint density at radius 1 is 0.229 bits per heavy atom. The van der Waals surface area contributed by atoms with Crippen LogP contribution in [-0.4, -0.2) is 11.8 Å². The van der Waals surface area contributed by atoms with Gasteiger partial charge in [0.25, 0.3) is 0 Å². The minimum Gasteiger partial charge on any atom is -0.127 e. The van der Waals surface area contributed by atoms with Gasteiger partial charge in [0.15, 0.2) is 0 Å². The monoisotopic (exact) mass is 531 g/mol. The number of hydrogen-bond donors (Lipinski definition) is 0. The predicted molar refractivity (Wildman–Crippen MR) is 164 cm³/mol. The largest absolute Gasteiger partial charge is 0.127 e. The molecule has 0 unspecified atom stereocenters. The summed E-state index contributed by atoms with van der Waals surface area (Å²) in [7, 11) is 0. The van der Waals surface area contributed by atoms with Crippen molar-refractivity contribution in [3.63, 3.8) is 0 Å². The summed E-state index contributed by atoms with van der Waals surface area (Å²) in [5.41, 5.74) is 0. The molecular formula is C33H65Cl2. The van der Waals surface area contributed by atoms with Crippen LogP contribution in [0.1, 0.15) is 193 Å². The normalized spacial score (nSPS) is 11.5. The van der Waals surface area contributed by atoms with E-state index in [1.54, 1.807) is 0 Å². The Labute approximate surface area is 233 Å². The SMILES string of the molecule is ClCCCCCCCCCCCCCCC[CH]CCCCCCCCCCCCCCCCCCl. The van der Waals surface area contributed by atoms with Gasteiger partial charge in [-0.2, -0.15) is 0 Å². The summed E-state index contributed by atoms with van der Waals surface area (Å²) >= 11 is 11.4. The van der Waals surface area contributed by atoms with E-state index in [9.17, 15) is 0 Å². The molecule has 0 atom stereocenters. The Kier molecular flexibility index (Phi) is 35.2. The van der Waals surface area contributed by atoms with Crippen molar-refractivity contribution < 1.29 is 0 Å². The van der Waals surface area contributed by atoms with E-state index in [0.717, 1.165) is 11.8 Å². The Morgan fingerprint density at radius 2 is 0.400 bits per heavy atom. The zero-order valence-corrected chi connectivity index (χ0v) is 25.5. The summed E-state index contributed by atoms with van der Waals surface area (Å²) in [6.45, 7) is 0. The lowest BCUT2D eigenvalue weighted by Crippen LogP contribution is -1.85. The first kappa shape index (κ1) is 35.6. The number of rotatable bonds is 32. The summed E-state index contributed by atoms with van der Waals surface area (Å²) < 4.78 is 0. The highest BCUT2D eigenvalue weighted by atomic mass is 35.5. The number of halogens is 2. The van der Waals surface area contributed by atoms with Crippen LogP contribution in [0.4, 0.5) is 0 Å². The highest BCUT2D eigenvalue weighted by Crippen LogP contribution is 2.16. The quantitative estimate of drug-likeness (QED) is 0.0597. The molecule has 0 nitrogen and oxygen atoms in total. The summed E-state index contributed by atoms with van der Waals surface area (Å²) in [4.78, 5) is 0. The topological polar surface area (TPSA) is 0 Å². The Balaban J connectivity index is 3.00. The van der Waals surface area contributed by atoms with Gasteiger partial charge in [-0.1, -0.05) is 180 Å². The smallest absolute Gasteiger partial charge is 0.0223 e. The van der Waals surface area contributed by atoms with Gasteiger partial charge < -0.3 is 0 Å². The summed E-state index contributed by atoms with van der Waals surface area (Å²) in [5.74, 6) is 1.69. The third kappa shape index (κ3) is 34.6. The van der Waals surface area contributed by atoms with Crippen molar-refractivity contribution in [1.29, 1.82) is 0 Å². The van der Waals surface area contributed by atoms with Crippen LogP contribution >= 0.6 is 23.2 Å². The van der Waals surface area contributed by atoms with E-state index in [2.05, 4.69) is 6.42 Å². The van der Waals surface area contributed by atoms with Crippen LogP contribution in [0.5, 0.6) is 0 Å². The fourth-order valence-electron chi connectivity index (χ4n) is 5.15. The van der Waals surface area contributed by atoms with Crippen molar-refractivity contribution in [2.24, 2.45) is 0 Å². The highest BCUT2D eigenvalue weighted by molar-refractivity contribution is 6.18. The molecular weight excluding hydrogens is 467 g/mol. The van der Waals surface area contributed by atoms with E-state index in [-0.39, 0.29) is 0 Å². The van der Waals surface area contributed by atoms with E-state index in [0.29, 0.717) is 0 Å². The van der Waals surface area contributed by atoms with E-state index in [4.69, 9.17) is 23.2 Å². The zero-order valence-electron chi connectivity index (χ0n) is 24.0. The molecule has 211 valence electrons. The lowest BCUT2D eigenvalue weighted by Gasteiger charge is -2.04. The van der Waals surface area contributed by atoms with E-state index >= 15 is 0 Å². The average Bonchev–Trinajstić information content (AvgIpc) is 2.87. The van der Waals surface area contributed by atoms with Crippen molar-refractivity contribution >= 4 is 23.2 Å². The third-order valence-corrected chi connectivity index (χ3v) is 8.12. The van der Waals surface area contributed by atoms with Crippen molar-refractivity contribution in [3.8, 4) is 0 Å². The fourth-order valence-corrected chi connectivity index (χ4v) is 5.53. The van der Waals surface area contributed by atoms with Crippen molar-refractivity contribution in [2.45, 2.75) is 193 Å². The van der Waals surface area contributed by atoms with Gasteiger partial charge in [-0.3, -0.25) is 0 Å². The van der Waals surface area contributed by atoms with Crippen LogP contribution in [0.15, 0.2) is 0 Å². The molecule has 0 amide bonds. The molecule has 0 spiro atoms. The van der Waals surface area contributed by atoms with E-state index < -0.39 is 0 Å². The van der Waals surface area contributed by atoms with Gasteiger partial charge in [0.1, 0.15) is 0 Å². The standard InChI is InChI=1S/C33H65Cl2/c34-32-30-28-26-24-22-20-18-16-14-12-10-8-6-4-2-1-3-5-7-9-11-13-15-17-19-21-23-25-27-29-31-33-35/h2H,1,3-33H2. The first-order chi connectivity index (χ1) is 17.4. The molecule has 0 heterocycles. The predicted octanol–water partition coefficient (Wildman–Crippen LogP) is 13.4. The molecule has 1 radical (unpaired) electrons. The molecule has 0 bridgehead atoms. The average molecular weight is 533 g/mol. The van der Waals surface area contributed by atoms with Crippen molar-refractivity contribution in [3.05, 3.63) is 6.42 Å². The minimum absolute atomic E-state index is 0.843. The zero-order chi connectivity index (χ0) is 25.3. The molecule has 0 aliphatic rings. The van der Waals surface area contributed by atoms with Gasteiger partial charge in [0.2, 0.25) is 0 Å². The summed E-state index contributed by atoms with van der Waals surface area (Å²) in [5, 5.41) is 0. The molecule has 0 fully saturated rings. The molecule has 35 heavy (non-hydrogen) atoms. The van der Waals surface area contributed by atoms with Gasteiger partial charge in [-0.15, -0.1) is 23.2 Å². The second-order valence-electron chi connectivity index (χ2n) is 11.1. The fraction of sp³-hybridized carbons (Fsp3) is 0.970. The summed E-state index contributed by atoms with van der Waals surface area (Å²) in [6.07, 6.45) is 45.1. The highest BCUT2D eigenvalue weighted by Gasteiger charge is 1.97. The molecule has 0 aromatic heterocycles. The van der Waals surface area contributed by atoms with Gasteiger partial charge in [-0.25, -0.2) is 0 Å². The molecule has 0 saturated carbocycles. The maximum absolute atomic E-state index is 5.72. The maximum Gasteiger partial charge on any atom is 0.0223 e. The van der Waals surface area contributed by atoms with E-state index in [1.807, 2.05) is 0 Å². The van der Waals surface area contributed by atoms with Crippen LogP contribution in [0.2, 0.25) is 0 Å². The first-order valence-electron chi connectivity index (χ1n) is 16.4. The molecule has 0 rings (SSSR count). The Hall–Kier alpha value is 0.580. The number of hydrogen-bond acceptors (Lipinski definition) is 0. The van der Waals surface area contributed by atoms with Crippen LogP contribution < -0.4 is 0 Å². The van der Waals surface area contributed by atoms with Gasteiger partial charge in [0.05, 0.1) is 0 Å². The minimum atomic E-state index is 0.843. The number of unbranched alkanes of at least 4 members (excludes halogenated alkanes) is 30. The lowest BCUT2D eigenvalue weighted by molar-refractivity contribution is 0.529. The van der Waals surface area contributed by atoms with Gasteiger partial charge in [-0.05, 0) is 19.3 Å². The van der Waals surface area contributed by atoms with Crippen molar-refractivity contribution in [2.75, 3.05) is 11.8 Å². The maximum atomic E-state index is 5.72. The second-order valence-corrected chi connectivity index (χ2v) is 11.9. The van der Waals surface area contributed by atoms with Gasteiger partial charge in [0, 0.05) is 11.8 Å². The second kappa shape index (κ2) is 34.6. The molecule has 2 heteroatoms. The molecule has 0 N–H and O–H groups in total. The first-order valence-corrected chi connectivity index (χ1v) is 17.4. The van der Waals surface area contributed by atoms with Crippen LogP contribution in [0, 0.1) is 6.42 Å². The van der Waals surface area contributed by atoms with Crippen LogP contribution in [-0.2, 0) is 0 Å². The molecule has 0 aromatic rings. The molecule has 0 aliphatic carbocycles. The molecule has 0 aliphatic heterocycles. The van der Waals surface area contributed by atoms with Crippen LogP contribution in [0.25, 0.3) is 0 Å². The molecule has 0 saturated heterocycles. The van der Waals surface area contributed by atoms with Gasteiger partial charge >= 0.3 is 0 Å².